The van der Waals surface area contributed by atoms with Crippen LogP contribution >= 0.6 is 0 Å². The molecule has 2 rings (SSSR count). The van der Waals surface area contributed by atoms with Gasteiger partial charge in [-0.3, -0.25) is 10.0 Å². The molecule has 0 saturated heterocycles. The molecule has 17 heavy (non-hydrogen) atoms. The highest BCUT2D eigenvalue weighted by Gasteiger charge is 2.21. The highest BCUT2D eigenvalue weighted by Crippen LogP contribution is 2.21. The summed E-state index contributed by atoms with van der Waals surface area (Å²) in [6.07, 6.45) is 5.16. The molecule has 1 N–H and O–H groups in total. The van der Waals surface area contributed by atoms with E-state index in [9.17, 15) is 10.0 Å². The smallest absolute Gasteiger partial charge is 0.264 e. The van der Waals surface area contributed by atoms with Crippen molar-refractivity contribution in [1.29, 1.82) is 0 Å². The summed E-state index contributed by atoms with van der Waals surface area (Å²) in [5.41, 5.74) is 0.422. The molecule has 1 aromatic rings. The van der Waals surface area contributed by atoms with E-state index in [1.165, 1.54) is 6.42 Å². The second-order valence-electron chi connectivity index (χ2n) is 4.31. The molecule has 92 valence electrons. The Hall–Kier alpha value is -1.39. The van der Waals surface area contributed by atoms with Crippen LogP contribution in [0.3, 0.4) is 0 Å². The monoisotopic (exact) mass is 235 g/mol. The zero-order chi connectivity index (χ0) is 12.1. The van der Waals surface area contributed by atoms with Gasteiger partial charge >= 0.3 is 5.91 Å². The fourth-order valence-corrected chi connectivity index (χ4v) is 2.05. The van der Waals surface area contributed by atoms with E-state index in [2.05, 4.69) is 0 Å². The molecule has 0 unspecified atom stereocenters. The number of benzene rings is 1. The first kappa shape index (κ1) is 12.1. The zero-order valence-corrected chi connectivity index (χ0v) is 9.71. The number of nitrogens with zero attached hydrogens (tertiary/aromatic N) is 1. The van der Waals surface area contributed by atoms with Gasteiger partial charge in [-0.15, -0.1) is 0 Å². The molecule has 0 bridgehead atoms. The molecule has 1 aliphatic carbocycles. The van der Waals surface area contributed by atoms with E-state index in [0.29, 0.717) is 10.8 Å². The average Bonchev–Trinajstić information content (AvgIpc) is 2.40. The van der Waals surface area contributed by atoms with Crippen molar-refractivity contribution in [3.8, 4) is 0 Å². The summed E-state index contributed by atoms with van der Waals surface area (Å²) in [6, 6.07) is 8.62. The Bertz CT molecular complexity index is 360. The zero-order valence-electron chi connectivity index (χ0n) is 9.71. The van der Waals surface area contributed by atoms with Crippen LogP contribution in [0.4, 0.5) is 0 Å². The van der Waals surface area contributed by atoms with Gasteiger partial charge in [-0.25, -0.2) is 4.84 Å². The second-order valence-corrected chi connectivity index (χ2v) is 4.31. The standard InChI is InChI=1S/C13H17NO3/c15-13(11-7-3-1-4-8-11)14(16)17-12-9-5-2-6-10-12/h1,3-4,7-8,12,16H,2,5-6,9-10H2. The van der Waals surface area contributed by atoms with Gasteiger partial charge in [0, 0.05) is 5.56 Å². The Morgan fingerprint density at radius 1 is 1.18 bits per heavy atom. The van der Waals surface area contributed by atoms with Crippen LogP contribution < -0.4 is 0 Å². The van der Waals surface area contributed by atoms with Crippen LogP contribution in [0, 0.1) is 0 Å². The van der Waals surface area contributed by atoms with Crippen LogP contribution in [0.1, 0.15) is 42.5 Å². The van der Waals surface area contributed by atoms with Crippen LogP contribution in [0.25, 0.3) is 0 Å². The Morgan fingerprint density at radius 2 is 1.82 bits per heavy atom. The van der Waals surface area contributed by atoms with Gasteiger partial charge in [-0.2, -0.15) is 0 Å². The van der Waals surface area contributed by atoms with E-state index in [4.69, 9.17) is 4.84 Å². The average molecular weight is 235 g/mol. The molecule has 0 aromatic heterocycles. The van der Waals surface area contributed by atoms with E-state index in [1.807, 2.05) is 6.07 Å². The summed E-state index contributed by atoms with van der Waals surface area (Å²) in [4.78, 5) is 17.0. The van der Waals surface area contributed by atoms with E-state index in [0.717, 1.165) is 25.7 Å². The summed E-state index contributed by atoms with van der Waals surface area (Å²) < 4.78 is 0. The van der Waals surface area contributed by atoms with Crippen LogP contribution in [-0.2, 0) is 4.84 Å². The summed E-state index contributed by atoms with van der Waals surface area (Å²) in [6.45, 7) is 0. The number of amides is 1. The van der Waals surface area contributed by atoms with Crippen LogP contribution in [-0.4, -0.2) is 22.4 Å². The first-order valence-corrected chi connectivity index (χ1v) is 6.02. The number of hydrogen-bond donors (Lipinski definition) is 1. The summed E-state index contributed by atoms with van der Waals surface area (Å²) in [7, 11) is 0. The van der Waals surface area contributed by atoms with E-state index in [1.54, 1.807) is 24.3 Å². The fraction of sp³-hybridized carbons (Fsp3) is 0.462. The van der Waals surface area contributed by atoms with E-state index >= 15 is 0 Å². The minimum atomic E-state index is -0.517. The predicted octanol–water partition coefficient (Wildman–Crippen LogP) is 2.78. The Balaban J connectivity index is 1.91. The molecule has 0 atom stereocenters. The predicted molar refractivity (Wildman–Crippen MR) is 62.4 cm³/mol. The number of hydrogen-bond acceptors (Lipinski definition) is 3. The first-order valence-electron chi connectivity index (χ1n) is 6.02. The fourth-order valence-electron chi connectivity index (χ4n) is 2.05. The maximum absolute atomic E-state index is 11.8. The van der Waals surface area contributed by atoms with Crippen molar-refractivity contribution >= 4 is 5.91 Å². The van der Waals surface area contributed by atoms with Gasteiger partial charge in [0.25, 0.3) is 0 Å². The maximum Gasteiger partial charge on any atom is 0.303 e. The lowest BCUT2D eigenvalue weighted by atomic mass is 9.98. The number of rotatable bonds is 3. The van der Waals surface area contributed by atoms with Crippen molar-refractivity contribution in [2.75, 3.05) is 0 Å². The molecule has 0 aliphatic heterocycles. The van der Waals surface area contributed by atoms with Gasteiger partial charge in [0.1, 0.15) is 0 Å². The molecule has 0 spiro atoms. The molecule has 1 aliphatic rings. The van der Waals surface area contributed by atoms with Gasteiger partial charge in [0.15, 0.2) is 0 Å². The maximum atomic E-state index is 11.8. The van der Waals surface area contributed by atoms with Crippen molar-refractivity contribution in [2.45, 2.75) is 38.2 Å². The SMILES string of the molecule is O=C(c1ccccc1)N(O)OC1CCCCC1. The largest absolute Gasteiger partial charge is 0.303 e. The van der Waals surface area contributed by atoms with Crippen LogP contribution in [0.15, 0.2) is 30.3 Å². The lowest BCUT2D eigenvalue weighted by Crippen LogP contribution is -2.33. The molecular weight excluding hydrogens is 218 g/mol. The summed E-state index contributed by atoms with van der Waals surface area (Å²) in [5, 5.41) is 9.97. The molecule has 0 radical (unpaired) electrons. The second kappa shape index (κ2) is 5.80. The first-order chi connectivity index (χ1) is 8.27. The van der Waals surface area contributed by atoms with Crippen molar-refractivity contribution in [3.63, 3.8) is 0 Å². The Kier molecular flexibility index (Phi) is 4.12. The lowest BCUT2D eigenvalue weighted by Gasteiger charge is -2.25. The molecule has 0 heterocycles. The lowest BCUT2D eigenvalue weighted by molar-refractivity contribution is -0.322. The molecule has 1 saturated carbocycles. The van der Waals surface area contributed by atoms with Crippen molar-refractivity contribution < 1.29 is 14.8 Å². The summed E-state index contributed by atoms with van der Waals surface area (Å²) >= 11 is 0. The van der Waals surface area contributed by atoms with E-state index in [-0.39, 0.29) is 6.10 Å². The van der Waals surface area contributed by atoms with Crippen LogP contribution in [0.2, 0.25) is 0 Å². The minimum Gasteiger partial charge on any atom is -0.264 e. The molecular formula is C13H17NO3. The molecule has 4 heteroatoms. The Labute approximate surface area is 101 Å². The quantitative estimate of drug-likeness (QED) is 0.647. The van der Waals surface area contributed by atoms with E-state index < -0.39 is 5.91 Å². The molecule has 1 fully saturated rings. The number of carbonyl (C=O) groups is 1. The highest BCUT2D eigenvalue weighted by atomic mass is 16.9. The van der Waals surface area contributed by atoms with Crippen molar-refractivity contribution in [3.05, 3.63) is 35.9 Å². The van der Waals surface area contributed by atoms with Crippen molar-refractivity contribution in [2.24, 2.45) is 0 Å². The van der Waals surface area contributed by atoms with Gasteiger partial charge < -0.3 is 0 Å². The minimum absolute atomic E-state index is 0.0404. The van der Waals surface area contributed by atoms with Gasteiger partial charge in [0.2, 0.25) is 0 Å². The Morgan fingerprint density at radius 3 is 2.47 bits per heavy atom. The van der Waals surface area contributed by atoms with Gasteiger partial charge in [-0.05, 0) is 25.0 Å². The third kappa shape index (κ3) is 3.28. The van der Waals surface area contributed by atoms with Crippen molar-refractivity contribution in [1.82, 2.24) is 5.23 Å². The van der Waals surface area contributed by atoms with Gasteiger partial charge in [-0.1, -0.05) is 42.7 Å². The molecule has 1 aromatic carbocycles. The van der Waals surface area contributed by atoms with Crippen LogP contribution in [0.5, 0.6) is 0 Å². The normalized spacial score (nSPS) is 16.8. The molecule has 4 nitrogen and oxygen atoms in total. The van der Waals surface area contributed by atoms with Gasteiger partial charge in [0.05, 0.1) is 6.10 Å². The highest BCUT2D eigenvalue weighted by molar-refractivity contribution is 5.92. The molecule has 1 amide bonds. The number of hydroxylamine groups is 2. The summed E-state index contributed by atoms with van der Waals surface area (Å²) in [5.74, 6) is -0.517. The topological polar surface area (TPSA) is 49.8 Å². The number of carbonyl (C=O) groups excluding carboxylic acids is 1. The third-order valence-corrected chi connectivity index (χ3v) is 3.00. The third-order valence-electron chi connectivity index (χ3n) is 3.00.